The summed E-state index contributed by atoms with van der Waals surface area (Å²) in [5, 5.41) is 0. The van der Waals surface area contributed by atoms with Crippen LogP contribution in [0.25, 0.3) is 0 Å². The lowest BCUT2D eigenvalue weighted by molar-refractivity contribution is 0.0631. The maximum absolute atomic E-state index is 12.7. The fraction of sp³-hybridized carbons (Fsp3) is 0.588. The number of amides is 1. The van der Waals surface area contributed by atoms with E-state index in [0.717, 1.165) is 32.1 Å². The number of hydrogen-bond acceptors (Lipinski definition) is 4. The lowest BCUT2D eigenvalue weighted by Crippen LogP contribution is -2.49. The van der Waals surface area contributed by atoms with Gasteiger partial charge in [0.1, 0.15) is 11.5 Å². The number of benzene rings is 1. The molecule has 5 nitrogen and oxygen atoms in total. The molecule has 1 aromatic rings. The van der Waals surface area contributed by atoms with Crippen LogP contribution in [0.15, 0.2) is 18.2 Å². The van der Waals surface area contributed by atoms with Gasteiger partial charge in [-0.05, 0) is 30.9 Å². The highest BCUT2D eigenvalue weighted by atomic mass is 16.5. The highest BCUT2D eigenvalue weighted by Crippen LogP contribution is 2.30. The first-order chi connectivity index (χ1) is 10.7. The van der Waals surface area contributed by atoms with E-state index in [0.29, 0.717) is 17.1 Å². The average molecular weight is 304 g/mol. The van der Waals surface area contributed by atoms with E-state index in [1.807, 2.05) is 4.90 Å². The monoisotopic (exact) mass is 304 g/mol. The van der Waals surface area contributed by atoms with Crippen molar-refractivity contribution >= 4 is 5.91 Å². The van der Waals surface area contributed by atoms with Crippen LogP contribution in [0.4, 0.5) is 0 Å². The minimum atomic E-state index is 0.0586. The molecule has 1 aliphatic carbocycles. The summed E-state index contributed by atoms with van der Waals surface area (Å²) in [6.45, 7) is 4.75. The average Bonchev–Trinajstić information content (AvgIpc) is 3.38. The van der Waals surface area contributed by atoms with Crippen molar-refractivity contribution in [2.45, 2.75) is 12.8 Å². The SMILES string of the molecule is COc1cc(OC)cc(C(=O)N2CCN(CC3CC3)CC2)c1. The second-order valence-electron chi connectivity index (χ2n) is 6.14. The Kier molecular flexibility index (Phi) is 4.52. The van der Waals surface area contributed by atoms with Gasteiger partial charge in [-0.3, -0.25) is 9.69 Å². The van der Waals surface area contributed by atoms with Crippen molar-refractivity contribution < 1.29 is 14.3 Å². The Labute approximate surface area is 131 Å². The van der Waals surface area contributed by atoms with Crippen molar-refractivity contribution in [1.82, 2.24) is 9.80 Å². The molecular weight excluding hydrogens is 280 g/mol. The van der Waals surface area contributed by atoms with E-state index in [2.05, 4.69) is 4.90 Å². The Morgan fingerprint density at radius 1 is 1.05 bits per heavy atom. The van der Waals surface area contributed by atoms with Gasteiger partial charge in [0.05, 0.1) is 14.2 Å². The van der Waals surface area contributed by atoms with Crippen molar-refractivity contribution in [1.29, 1.82) is 0 Å². The van der Waals surface area contributed by atoms with Gasteiger partial charge in [0.15, 0.2) is 0 Å². The summed E-state index contributed by atoms with van der Waals surface area (Å²) >= 11 is 0. The summed E-state index contributed by atoms with van der Waals surface area (Å²) in [7, 11) is 3.19. The fourth-order valence-electron chi connectivity index (χ4n) is 2.91. The summed E-state index contributed by atoms with van der Waals surface area (Å²) in [6, 6.07) is 5.34. The molecule has 1 amide bonds. The van der Waals surface area contributed by atoms with E-state index in [1.165, 1.54) is 19.4 Å². The van der Waals surface area contributed by atoms with Crippen LogP contribution in [0, 0.1) is 5.92 Å². The van der Waals surface area contributed by atoms with Crippen LogP contribution in [0.1, 0.15) is 23.2 Å². The van der Waals surface area contributed by atoms with Gasteiger partial charge in [0.25, 0.3) is 5.91 Å². The van der Waals surface area contributed by atoms with E-state index in [1.54, 1.807) is 32.4 Å². The zero-order chi connectivity index (χ0) is 15.5. The molecule has 0 bridgehead atoms. The standard InChI is InChI=1S/C17H24N2O3/c1-21-15-9-14(10-16(11-15)22-2)17(20)19-7-5-18(6-8-19)12-13-3-4-13/h9-11,13H,3-8,12H2,1-2H3. The number of methoxy groups -OCH3 is 2. The van der Waals surface area contributed by atoms with Crippen LogP contribution >= 0.6 is 0 Å². The lowest BCUT2D eigenvalue weighted by Gasteiger charge is -2.34. The molecule has 0 atom stereocenters. The van der Waals surface area contributed by atoms with Crippen LogP contribution in [-0.4, -0.2) is 62.7 Å². The molecule has 0 unspecified atom stereocenters. The summed E-state index contributed by atoms with van der Waals surface area (Å²) in [4.78, 5) is 17.1. The van der Waals surface area contributed by atoms with Crippen LogP contribution in [0.5, 0.6) is 11.5 Å². The van der Waals surface area contributed by atoms with E-state index >= 15 is 0 Å². The van der Waals surface area contributed by atoms with E-state index in [-0.39, 0.29) is 5.91 Å². The Morgan fingerprint density at radius 3 is 2.14 bits per heavy atom. The van der Waals surface area contributed by atoms with E-state index in [4.69, 9.17) is 9.47 Å². The molecule has 0 spiro atoms. The molecule has 5 heteroatoms. The van der Waals surface area contributed by atoms with Gasteiger partial charge in [-0.1, -0.05) is 0 Å². The molecule has 2 fully saturated rings. The number of rotatable bonds is 5. The molecule has 0 N–H and O–H groups in total. The molecule has 3 rings (SSSR count). The molecule has 1 saturated carbocycles. The molecular formula is C17H24N2O3. The Balaban J connectivity index is 1.63. The molecule has 0 aromatic heterocycles. The molecule has 2 aliphatic rings. The lowest BCUT2D eigenvalue weighted by atomic mass is 10.1. The van der Waals surface area contributed by atoms with Gasteiger partial charge >= 0.3 is 0 Å². The maximum Gasteiger partial charge on any atom is 0.254 e. The predicted molar refractivity (Wildman–Crippen MR) is 84.6 cm³/mol. The van der Waals surface area contributed by atoms with Gasteiger partial charge in [-0.2, -0.15) is 0 Å². The van der Waals surface area contributed by atoms with Gasteiger partial charge in [-0.25, -0.2) is 0 Å². The number of piperazine rings is 1. The van der Waals surface area contributed by atoms with Crippen LogP contribution in [0.3, 0.4) is 0 Å². The second kappa shape index (κ2) is 6.57. The first kappa shape index (κ1) is 15.2. The summed E-state index contributed by atoms with van der Waals surface area (Å²) in [5.41, 5.74) is 0.631. The normalized spacial score (nSPS) is 19.1. The third-order valence-corrected chi connectivity index (χ3v) is 4.47. The van der Waals surface area contributed by atoms with Crippen molar-refractivity contribution in [3.63, 3.8) is 0 Å². The number of ether oxygens (including phenoxy) is 2. The van der Waals surface area contributed by atoms with Gasteiger partial charge in [-0.15, -0.1) is 0 Å². The fourth-order valence-corrected chi connectivity index (χ4v) is 2.91. The first-order valence-electron chi connectivity index (χ1n) is 7.94. The van der Waals surface area contributed by atoms with Crippen LogP contribution in [0.2, 0.25) is 0 Å². The van der Waals surface area contributed by atoms with E-state index in [9.17, 15) is 4.79 Å². The topological polar surface area (TPSA) is 42.0 Å². The number of carbonyl (C=O) groups is 1. The summed E-state index contributed by atoms with van der Waals surface area (Å²) in [5.74, 6) is 2.26. The minimum Gasteiger partial charge on any atom is -0.497 e. The third kappa shape index (κ3) is 3.53. The van der Waals surface area contributed by atoms with Crippen molar-refractivity contribution in [2.75, 3.05) is 46.9 Å². The largest absolute Gasteiger partial charge is 0.497 e. The molecule has 22 heavy (non-hydrogen) atoms. The smallest absolute Gasteiger partial charge is 0.254 e. The summed E-state index contributed by atoms with van der Waals surface area (Å²) < 4.78 is 10.5. The Morgan fingerprint density at radius 2 is 1.64 bits per heavy atom. The van der Waals surface area contributed by atoms with Crippen LogP contribution < -0.4 is 9.47 Å². The number of carbonyl (C=O) groups excluding carboxylic acids is 1. The zero-order valence-electron chi connectivity index (χ0n) is 13.4. The predicted octanol–water partition coefficient (Wildman–Crippen LogP) is 1.87. The van der Waals surface area contributed by atoms with Crippen molar-refractivity contribution in [3.8, 4) is 11.5 Å². The van der Waals surface area contributed by atoms with Crippen LogP contribution in [-0.2, 0) is 0 Å². The molecule has 1 heterocycles. The number of hydrogen-bond donors (Lipinski definition) is 0. The van der Waals surface area contributed by atoms with Gasteiger partial charge < -0.3 is 14.4 Å². The molecule has 1 saturated heterocycles. The Hall–Kier alpha value is -1.75. The quantitative estimate of drug-likeness (QED) is 0.833. The summed E-state index contributed by atoms with van der Waals surface area (Å²) in [6.07, 6.45) is 2.76. The zero-order valence-corrected chi connectivity index (χ0v) is 13.4. The van der Waals surface area contributed by atoms with Crippen molar-refractivity contribution in [3.05, 3.63) is 23.8 Å². The van der Waals surface area contributed by atoms with E-state index < -0.39 is 0 Å². The molecule has 1 aliphatic heterocycles. The van der Waals surface area contributed by atoms with Crippen molar-refractivity contribution in [2.24, 2.45) is 5.92 Å². The molecule has 0 radical (unpaired) electrons. The second-order valence-corrected chi connectivity index (χ2v) is 6.14. The van der Waals surface area contributed by atoms with Gasteiger partial charge in [0, 0.05) is 44.4 Å². The number of nitrogens with zero attached hydrogens (tertiary/aromatic N) is 2. The minimum absolute atomic E-state index is 0.0586. The molecule has 1 aromatic carbocycles. The Bertz CT molecular complexity index is 512. The maximum atomic E-state index is 12.7. The van der Waals surface area contributed by atoms with Gasteiger partial charge in [0.2, 0.25) is 0 Å². The first-order valence-corrected chi connectivity index (χ1v) is 7.94. The molecule has 120 valence electrons. The highest BCUT2D eigenvalue weighted by Gasteiger charge is 2.28. The highest BCUT2D eigenvalue weighted by molar-refractivity contribution is 5.95. The third-order valence-electron chi connectivity index (χ3n) is 4.47.